The summed E-state index contributed by atoms with van der Waals surface area (Å²) in [6, 6.07) is 5.91. The maximum atomic E-state index is 12.9. The van der Waals surface area contributed by atoms with Crippen molar-refractivity contribution in [1.82, 2.24) is 9.97 Å². The Morgan fingerprint density at radius 2 is 2.13 bits per heavy atom. The lowest BCUT2D eigenvalue weighted by Crippen LogP contribution is -3.07. The molecule has 1 aromatic carbocycles. The van der Waals surface area contributed by atoms with Crippen molar-refractivity contribution in [2.45, 2.75) is 45.7 Å². The molecule has 1 aliphatic rings. The van der Waals surface area contributed by atoms with Crippen molar-refractivity contribution < 1.29 is 14.4 Å². The molecule has 2 heterocycles. The number of aryl methyl sites for hydroxylation is 1. The number of rotatable bonds is 6. The van der Waals surface area contributed by atoms with Gasteiger partial charge in [0.2, 0.25) is 0 Å². The lowest BCUT2D eigenvalue weighted by Gasteiger charge is -2.22. The van der Waals surface area contributed by atoms with Gasteiger partial charge in [0.1, 0.15) is 28.9 Å². The van der Waals surface area contributed by atoms with E-state index < -0.39 is 0 Å². The summed E-state index contributed by atoms with van der Waals surface area (Å²) in [5, 5.41) is 0.812. The van der Waals surface area contributed by atoms with Gasteiger partial charge in [0.15, 0.2) is 5.82 Å². The van der Waals surface area contributed by atoms with Crippen LogP contribution in [-0.4, -0.2) is 31.2 Å². The zero-order valence-corrected chi connectivity index (χ0v) is 19.1. The zero-order valence-electron chi connectivity index (χ0n) is 18.3. The van der Waals surface area contributed by atoms with Crippen molar-refractivity contribution in [3.05, 3.63) is 50.4 Å². The molecule has 1 aliphatic carbocycles. The predicted octanol–water partition coefficient (Wildman–Crippen LogP) is 2.90. The number of aromatic amines is 1. The van der Waals surface area contributed by atoms with Gasteiger partial charge in [0.05, 0.1) is 26.7 Å². The number of methoxy groups -OCH3 is 2. The van der Waals surface area contributed by atoms with E-state index in [-0.39, 0.29) is 11.6 Å². The molecule has 3 atom stereocenters. The summed E-state index contributed by atoms with van der Waals surface area (Å²) in [4.78, 5) is 24.4. The standard InChI is InChI=1S/C23H29N3O3S/c1-13-6-9-17-19(10-13)30-23-20(17)22(27)24-21(25-23)14(2)26(3)12-15-7-8-16(28-4)11-18(15)29-5/h7-8,11,13-14H,6,9-10,12H2,1-5H3,(H,24,25,27)/p+1/t13-,14-/m1/s1. The average molecular weight is 429 g/mol. The Hall–Kier alpha value is -2.38. The molecule has 160 valence electrons. The van der Waals surface area contributed by atoms with Crippen LogP contribution < -0.4 is 19.9 Å². The van der Waals surface area contributed by atoms with Crippen LogP contribution in [0.3, 0.4) is 0 Å². The number of quaternary nitrogens is 1. The van der Waals surface area contributed by atoms with Crippen LogP contribution in [0.25, 0.3) is 10.2 Å². The Kier molecular flexibility index (Phi) is 5.84. The summed E-state index contributed by atoms with van der Waals surface area (Å²) in [7, 11) is 5.43. The summed E-state index contributed by atoms with van der Waals surface area (Å²) in [6.45, 7) is 5.13. The second-order valence-electron chi connectivity index (χ2n) is 8.41. The fourth-order valence-corrected chi connectivity index (χ4v) is 5.65. The highest BCUT2D eigenvalue weighted by Crippen LogP contribution is 2.35. The number of aromatic nitrogens is 2. The number of nitrogens with zero attached hydrogens (tertiary/aromatic N) is 1. The molecule has 6 nitrogen and oxygen atoms in total. The van der Waals surface area contributed by atoms with Crippen molar-refractivity contribution in [3.8, 4) is 11.5 Å². The first-order chi connectivity index (χ1) is 14.4. The topological polar surface area (TPSA) is 68.7 Å². The van der Waals surface area contributed by atoms with Crippen LogP contribution in [0.5, 0.6) is 11.5 Å². The molecule has 0 spiro atoms. The highest BCUT2D eigenvalue weighted by Gasteiger charge is 2.26. The molecule has 1 unspecified atom stereocenters. The van der Waals surface area contributed by atoms with E-state index in [1.807, 2.05) is 18.2 Å². The fourth-order valence-electron chi connectivity index (χ4n) is 4.26. The van der Waals surface area contributed by atoms with Gasteiger partial charge in [-0.3, -0.25) is 4.79 Å². The van der Waals surface area contributed by atoms with E-state index in [1.54, 1.807) is 25.6 Å². The quantitative estimate of drug-likeness (QED) is 0.634. The summed E-state index contributed by atoms with van der Waals surface area (Å²) in [5.74, 6) is 2.99. The van der Waals surface area contributed by atoms with Gasteiger partial charge >= 0.3 is 0 Å². The third-order valence-corrected chi connectivity index (χ3v) is 7.44. The van der Waals surface area contributed by atoms with Crippen LogP contribution in [-0.2, 0) is 19.4 Å². The van der Waals surface area contributed by atoms with Crippen molar-refractivity contribution in [1.29, 1.82) is 0 Å². The molecule has 2 aromatic heterocycles. The number of ether oxygens (including phenoxy) is 2. The minimum Gasteiger partial charge on any atom is -0.497 e. The summed E-state index contributed by atoms with van der Waals surface area (Å²) in [6.07, 6.45) is 3.19. The minimum absolute atomic E-state index is 0.00345. The van der Waals surface area contributed by atoms with Gasteiger partial charge in [-0.25, -0.2) is 4.98 Å². The first kappa shape index (κ1) is 20.9. The van der Waals surface area contributed by atoms with E-state index in [0.717, 1.165) is 58.9 Å². The highest BCUT2D eigenvalue weighted by atomic mass is 32.1. The number of H-pyrrole nitrogens is 1. The van der Waals surface area contributed by atoms with E-state index in [9.17, 15) is 4.79 Å². The number of thiophene rings is 1. The summed E-state index contributed by atoms with van der Waals surface area (Å²) in [5.41, 5.74) is 2.32. The molecule has 0 aliphatic heterocycles. The van der Waals surface area contributed by atoms with Crippen LogP contribution in [0.4, 0.5) is 0 Å². The van der Waals surface area contributed by atoms with Gasteiger partial charge < -0.3 is 19.4 Å². The third-order valence-electron chi connectivity index (χ3n) is 6.30. The zero-order chi connectivity index (χ0) is 21.4. The van der Waals surface area contributed by atoms with E-state index in [0.29, 0.717) is 5.92 Å². The Labute approximate surface area is 180 Å². The average Bonchev–Trinajstić information content (AvgIpc) is 3.11. The first-order valence-electron chi connectivity index (χ1n) is 10.5. The van der Waals surface area contributed by atoms with E-state index in [2.05, 4.69) is 25.9 Å². The van der Waals surface area contributed by atoms with Gasteiger partial charge in [-0.05, 0) is 49.8 Å². The number of hydrogen-bond donors (Lipinski definition) is 2. The second kappa shape index (κ2) is 8.40. The van der Waals surface area contributed by atoms with Gasteiger partial charge in [-0.1, -0.05) is 6.92 Å². The van der Waals surface area contributed by atoms with Crippen LogP contribution in [0, 0.1) is 5.92 Å². The number of fused-ring (bicyclic) bond motifs is 3. The van der Waals surface area contributed by atoms with Crippen molar-refractivity contribution >= 4 is 21.6 Å². The molecular weight excluding hydrogens is 398 g/mol. The lowest BCUT2D eigenvalue weighted by molar-refractivity contribution is -0.924. The van der Waals surface area contributed by atoms with E-state index >= 15 is 0 Å². The van der Waals surface area contributed by atoms with Crippen molar-refractivity contribution in [2.75, 3.05) is 21.3 Å². The largest absolute Gasteiger partial charge is 0.497 e. The van der Waals surface area contributed by atoms with Crippen LogP contribution in [0.1, 0.15) is 48.1 Å². The third kappa shape index (κ3) is 3.84. The molecule has 0 radical (unpaired) electrons. The Balaban J connectivity index is 1.61. The minimum atomic E-state index is 0.00345. The molecule has 0 saturated heterocycles. The maximum Gasteiger partial charge on any atom is 0.260 e. The molecule has 0 bridgehead atoms. The highest BCUT2D eigenvalue weighted by molar-refractivity contribution is 7.18. The monoisotopic (exact) mass is 428 g/mol. The van der Waals surface area contributed by atoms with E-state index in [1.165, 1.54) is 15.3 Å². The maximum absolute atomic E-state index is 12.9. The SMILES string of the molecule is COc1ccc(C[NH+](C)[C@H](C)c2nc3sc4c(c3c(=O)[nH]2)CC[C@@H](C)C4)c(OC)c1. The molecule has 4 rings (SSSR count). The normalized spacial score (nSPS) is 18.1. The number of nitrogens with one attached hydrogen (secondary N) is 2. The molecule has 0 amide bonds. The predicted molar refractivity (Wildman–Crippen MR) is 120 cm³/mol. The molecule has 7 heteroatoms. The number of hydrogen-bond acceptors (Lipinski definition) is 5. The van der Waals surface area contributed by atoms with E-state index in [4.69, 9.17) is 14.5 Å². The van der Waals surface area contributed by atoms with Gasteiger partial charge in [0, 0.05) is 16.5 Å². The second-order valence-corrected chi connectivity index (χ2v) is 9.49. The van der Waals surface area contributed by atoms with Crippen LogP contribution >= 0.6 is 11.3 Å². The fraction of sp³-hybridized carbons (Fsp3) is 0.478. The Morgan fingerprint density at radius 3 is 2.87 bits per heavy atom. The Morgan fingerprint density at radius 1 is 1.33 bits per heavy atom. The summed E-state index contributed by atoms with van der Waals surface area (Å²) >= 11 is 1.70. The molecule has 0 saturated carbocycles. The van der Waals surface area contributed by atoms with Gasteiger partial charge in [0.25, 0.3) is 5.56 Å². The Bertz CT molecular complexity index is 1120. The van der Waals surface area contributed by atoms with Crippen LogP contribution in [0.15, 0.2) is 23.0 Å². The molecule has 2 N–H and O–H groups in total. The summed E-state index contributed by atoms with van der Waals surface area (Å²) < 4.78 is 10.8. The van der Waals surface area contributed by atoms with Gasteiger partial charge in [-0.2, -0.15) is 0 Å². The van der Waals surface area contributed by atoms with Gasteiger partial charge in [-0.15, -0.1) is 11.3 Å². The molecule has 30 heavy (non-hydrogen) atoms. The van der Waals surface area contributed by atoms with Crippen LogP contribution in [0.2, 0.25) is 0 Å². The lowest BCUT2D eigenvalue weighted by atomic mass is 9.89. The molecule has 3 aromatic rings. The number of benzene rings is 1. The van der Waals surface area contributed by atoms with Crippen molar-refractivity contribution in [2.24, 2.45) is 5.92 Å². The smallest absolute Gasteiger partial charge is 0.260 e. The molecular formula is C23H30N3O3S+. The molecule has 0 fully saturated rings. The van der Waals surface area contributed by atoms with Crippen molar-refractivity contribution in [3.63, 3.8) is 0 Å². The first-order valence-corrected chi connectivity index (χ1v) is 11.3.